The van der Waals surface area contributed by atoms with Gasteiger partial charge in [0.1, 0.15) is 0 Å². The lowest BCUT2D eigenvalue weighted by atomic mass is 10.1. The third-order valence-corrected chi connectivity index (χ3v) is 5.32. The van der Waals surface area contributed by atoms with Crippen LogP contribution in [0.2, 0.25) is 5.02 Å². The molecule has 0 saturated carbocycles. The van der Waals surface area contributed by atoms with Crippen LogP contribution < -0.4 is 5.32 Å². The minimum atomic E-state index is -0.236. The smallest absolute Gasteiger partial charge is 0.255 e. The molecule has 3 aromatic carbocycles. The van der Waals surface area contributed by atoms with Crippen LogP contribution in [0.4, 0.5) is 5.69 Å². The number of amides is 1. The fourth-order valence-electron chi connectivity index (χ4n) is 2.54. The quantitative estimate of drug-likeness (QED) is 0.406. The van der Waals surface area contributed by atoms with E-state index in [1.54, 1.807) is 48.2 Å². The molecule has 0 aliphatic carbocycles. The number of nitrogens with one attached hydrogen (secondary N) is 1. The van der Waals surface area contributed by atoms with Crippen LogP contribution in [0.15, 0.2) is 77.7 Å². The van der Waals surface area contributed by atoms with Gasteiger partial charge < -0.3 is 5.32 Å². The van der Waals surface area contributed by atoms with Crippen molar-refractivity contribution in [3.05, 3.63) is 94.5 Å². The second kappa shape index (κ2) is 8.89. The third kappa shape index (κ3) is 5.22. The van der Waals surface area contributed by atoms with E-state index >= 15 is 0 Å². The van der Waals surface area contributed by atoms with Gasteiger partial charge in [0.2, 0.25) is 0 Å². The number of hydrogen-bond acceptors (Lipinski definition) is 3. The van der Waals surface area contributed by atoms with Crippen LogP contribution in [0.1, 0.15) is 33.2 Å². The predicted molar refractivity (Wildman–Crippen MR) is 112 cm³/mol. The number of hydrogen-bond donors (Lipinski definition) is 1. The molecular formula is C22H18ClNO2S. The number of anilines is 1. The summed E-state index contributed by atoms with van der Waals surface area (Å²) >= 11 is 7.60. The molecular weight excluding hydrogens is 378 g/mol. The number of ketones is 1. The Morgan fingerprint density at radius 2 is 1.59 bits per heavy atom. The number of thioether (sulfide) groups is 1. The fraction of sp³-hybridized carbons (Fsp3) is 0.0909. The molecule has 0 aliphatic heterocycles. The van der Waals surface area contributed by atoms with Gasteiger partial charge in [-0.25, -0.2) is 0 Å². The monoisotopic (exact) mass is 395 g/mol. The van der Waals surface area contributed by atoms with Gasteiger partial charge in [-0.3, -0.25) is 9.59 Å². The molecule has 136 valence electrons. The zero-order chi connectivity index (χ0) is 19.2. The summed E-state index contributed by atoms with van der Waals surface area (Å²) in [7, 11) is 0. The first-order valence-corrected chi connectivity index (χ1v) is 9.78. The van der Waals surface area contributed by atoms with Crippen molar-refractivity contribution in [1.82, 2.24) is 0 Å². The van der Waals surface area contributed by atoms with Crippen molar-refractivity contribution in [2.24, 2.45) is 0 Å². The Labute approximate surface area is 167 Å². The highest BCUT2D eigenvalue weighted by Crippen LogP contribution is 2.24. The van der Waals surface area contributed by atoms with E-state index in [0.29, 0.717) is 16.8 Å². The number of halogens is 1. The van der Waals surface area contributed by atoms with Crippen LogP contribution in [0, 0.1) is 0 Å². The van der Waals surface area contributed by atoms with E-state index in [-0.39, 0.29) is 11.7 Å². The molecule has 0 fully saturated rings. The van der Waals surface area contributed by atoms with Gasteiger partial charge in [0.25, 0.3) is 5.91 Å². The Morgan fingerprint density at radius 3 is 2.26 bits per heavy atom. The molecule has 0 atom stereocenters. The van der Waals surface area contributed by atoms with Crippen LogP contribution in [0.25, 0.3) is 0 Å². The second-order valence-corrected chi connectivity index (χ2v) is 7.48. The molecule has 1 amide bonds. The zero-order valence-electron chi connectivity index (χ0n) is 14.7. The molecule has 3 aromatic rings. The molecule has 5 heteroatoms. The summed E-state index contributed by atoms with van der Waals surface area (Å²) in [5.41, 5.74) is 2.70. The summed E-state index contributed by atoms with van der Waals surface area (Å²) in [6, 6.07) is 22.2. The molecule has 0 spiro atoms. The van der Waals surface area contributed by atoms with Crippen LogP contribution in [0.3, 0.4) is 0 Å². The van der Waals surface area contributed by atoms with E-state index in [1.807, 2.05) is 36.4 Å². The van der Waals surface area contributed by atoms with Gasteiger partial charge in [-0.05, 0) is 61.0 Å². The van der Waals surface area contributed by atoms with Crippen LogP contribution in [0.5, 0.6) is 0 Å². The van der Waals surface area contributed by atoms with E-state index in [1.165, 1.54) is 6.92 Å². The fourth-order valence-corrected chi connectivity index (χ4v) is 3.52. The maximum Gasteiger partial charge on any atom is 0.255 e. The van der Waals surface area contributed by atoms with E-state index < -0.39 is 0 Å². The Bertz CT molecular complexity index is 953. The summed E-state index contributed by atoms with van der Waals surface area (Å²) < 4.78 is 0. The average Bonchev–Trinajstić information content (AvgIpc) is 2.68. The minimum absolute atomic E-state index is 0.0829. The van der Waals surface area contributed by atoms with Crippen molar-refractivity contribution in [2.75, 3.05) is 5.32 Å². The minimum Gasteiger partial charge on any atom is -0.321 e. The Kier molecular flexibility index (Phi) is 6.32. The molecule has 0 heterocycles. The van der Waals surface area contributed by atoms with Gasteiger partial charge in [-0.2, -0.15) is 0 Å². The van der Waals surface area contributed by atoms with Gasteiger partial charge in [-0.1, -0.05) is 35.9 Å². The maximum atomic E-state index is 12.5. The van der Waals surface area contributed by atoms with Crippen molar-refractivity contribution < 1.29 is 9.59 Å². The number of para-hydroxylation sites is 1. The number of carbonyl (C=O) groups is 2. The Morgan fingerprint density at radius 1 is 0.926 bits per heavy atom. The molecule has 1 N–H and O–H groups in total. The lowest BCUT2D eigenvalue weighted by molar-refractivity contribution is 0.101. The normalized spacial score (nSPS) is 10.4. The van der Waals surface area contributed by atoms with E-state index in [2.05, 4.69) is 5.32 Å². The first-order chi connectivity index (χ1) is 13.0. The van der Waals surface area contributed by atoms with E-state index in [4.69, 9.17) is 11.6 Å². The molecule has 0 saturated heterocycles. The largest absolute Gasteiger partial charge is 0.321 e. The molecule has 27 heavy (non-hydrogen) atoms. The van der Waals surface area contributed by atoms with E-state index in [9.17, 15) is 9.59 Å². The van der Waals surface area contributed by atoms with Crippen molar-refractivity contribution in [1.29, 1.82) is 0 Å². The van der Waals surface area contributed by atoms with Crippen LogP contribution in [-0.2, 0) is 5.75 Å². The summed E-state index contributed by atoms with van der Waals surface area (Å²) in [5.74, 6) is 0.484. The predicted octanol–water partition coefficient (Wildman–Crippen LogP) is 6.09. The highest BCUT2D eigenvalue weighted by Gasteiger charge is 2.11. The topological polar surface area (TPSA) is 46.2 Å². The molecule has 3 nitrogen and oxygen atoms in total. The molecule has 0 unspecified atom stereocenters. The number of benzene rings is 3. The van der Waals surface area contributed by atoms with E-state index in [0.717, 1.165) is 21.2 Å². The second-order valence-electron chi connectivity index (χ2n) is 6.00. The molecule has 3 rings (SSSR count). The summed E-state index contributed by atoms with van der Waals surface area (Å²) in [6.45, 7) is 1.48. The maximum absolute atomic E-state index is 12.5. The van der Waals surface area contributed by atoms with Crippen LogP contribution >= 0.6 is 23.4 Å². The number of rotatable bonds is 6. The van der Waals surface area contributed by atoms with Gasteiger partial charge >= 0.3 is 0 Å². The Balaban J connectivity index is 1.64. The molecule has 0 bridgehead atoms. The first kappa shape index (κ1) is 19.2. The van der Waals surface area contributed by atoms with Crippen molar-refractivity contribution in [2.45, 2.75) is 17.6 Å². The van der Waals surface area contributed by atoms with Gasteiger partial charge in [-0.15, -0.1) is 11.8 Å². The zero-order valence-corrected chi connectivity index (χ0v) is 16.3. The lowest BCUT2D eigenvalue weighted by Crippen LogP contribution is -2.14. The molecule has 0 aromatic heterocycles. The lowest BCUT2D eigenvalue weighted by Gasteiger charge is -2.09. The van der Waals surface area contributed by atoms with Gasteiger partial charge in [0.15, 0.2) is 5.78 Å². The highest BCUT2D eigenvalue weighted by molar-refractivity contribution is 7.98. The number of carbonyl (C=O) groups excluding carboxylic acids is 2. The summed E-state index contributed by atoms with van der Waals surface area (Å²) in [6.07, 6.45) is 0. The first-order valence-electron chi connectivity index (χ1n) is 8.41. The SMILES string of the molecule is CC(=O)c1ccccc1NC(=O)c1ccc(CSc2ccc(Cl)cc2)cc1. The number of Topliss-reactive ketones (excluding diaryl/α,β-unsaturated/α-hetero) is 1. The van der Waals surface area contributed by atoms with Gasteiger partial charge in [0, 0.05) is 26.8 Å². The standard InChI is InChI=1S/C22H18ClNO2S/c1-15(25)20-4-2-3-5-21(20)24-22(26)17-8-6-16(7-9-17)14-27-19-12-10-18(23)11-13-19/h2-13H,14H2,1H3,(H,24,26). The average molecular weight is 396 g/mol. The third-order valence-electron chi connectivity index (χ3n) is 3.99. The Hall–Kier alpha value is -2.56. The van der Waals surface area contributed by atoms with Crippen molar-refractivity contribution in [3.63, 3.8) is 0 Å². The molecule has 0 aliphatic rings. The highest BCUT2D eigenvalue weighted by atomic mass is 35.5. The molecule has 0 radical (unpaired) electrons. The van der Waals surface area contributed by atoms with Crippen LogP contribution in [-0.4, -0.2) is 11.7 Å². The summed E-state index contributed by atoms with van der Waals surface area (Å²) in [5, 5.41) is 3.54. The summed E-state index contributed by atoms with van der Waals surface area (Å²) in [4.78, 5) is 25.3. The van der Waals surface area contributed by atoms with Gasteiger partial charge in [0.05, 0.1) is 5.69 Å². The van der Waals surface area contributed by atoms with Crippen molar-refractivity contribution in [3.8, 4) is 0 Å². The van der Waals surface area contributed by atoms with Crippen molar-refractivity contribution >= 4 is 40.7 Å².